The second-order valence-corrected chi connectivity index (χ2v) is 6.44. The third-order valence-electron chi connectivity index (χ3n) is 4.05. The van der Waals surface area contributed by atoms with Gasteiger partial charge >= 0.3 is 0 Å². The Kier molecular flexibility index (Phi) is 5.39. The van der Waals surface area contributed by atoms with Gasteiger partial charge in [-0.15, -0.1) is 0 Å². The molecule has 1 unspecified atom stereocenters. The summed E-state index contributed by atoms with van der Waals surface area (Å²) in [6.45, 7) is 1.37. The summed E-state index contributed by atoms with van der Waals surface area (Å²) in [5, 5.41) is 0.971. The van der Waals surface area contributed by atoms with Crippen LogP contribution < -0.4 is 0 Å². The van der Waals surface area contributed by atoms with Crippen LogP contribution in [-0.4, -0.2) is 30.5 Å². The maximum absolute atomic E-state index is 13.0. The summed E-state index contributed by atoms with van der Waals surface area (Å²) in [6.07, 6.45) is -0.112. The zero-order valence-corrected chi connectivity index (χ0v) is 14.4. The standard InChI is InChI=1S/C18H16Cl2FNO2/c19-15-2-1-3-16(20)14(15)10-18(23)22-8-9-24-17(11-22)12-4-6-13(21)7-5-12/h1-7,17H,8-11H2. The van der Waals surface area contributed by atoms with Crippen molar-refractivity contribution in [1.82, 2.24) is 4.90 Å². The number of carbonyl (C=O) groups excluding carboxylic acids is 1. The third-order valence-corrected chi connectivity index (χ3v) is 4.76. The van der Waals surface area contributed by atoms with E-state index in [1.165, 1.54) is 12.1 Å². The highest BCUT2D eigenvalue weighted by molar-refractivity contribution is 6.36. The van der Waals surface area contributed by atoms with Crippen LogP contribution in [0.4, 0.5) is 4.39 Å². The molecule has 3 rings (SSSR count). The van der Waals surface area contributed by atoms with Crippen LogP contribution in [0.3, 0.4) is 0 Å². The molecule has 0 aliphatic carbocycles. The molecular weight excluding hydrogens is 352 g/mol. The minimum absolute atomic E-state index is 0.0552. The monoisotopic (exact) mass is 367 g/mol. The lowest BCUT2D eigenvalue weighted by Gasteiger charge is -2.33. The Bertz CT molecular complexity index is 716. The van der Waals surface area contributed by atoms with Crippen molar-refractivity contribution in [2.75, 3.05) is 19.7 Å². The van der Waals surface area contributed by atoms with Crippen molar-refractivity contribution in [3.05, 3.63) is 69.5 Å². The maximum Gasteiger partial charge on any atom is 0.227 e. The second kappa shape index (κ2) is 7.51. The lowest BCUT2D eigenvalue weighted by molar-refractivity contribution is -0.138. The molecule has 1 atom stereocenters. The van der Waals surface area contributed by atoms with Gasteiger partial charge in [-0.1, -0.05) is 41.4 Å². The fraction of sp³-hybridized carbons (Fsp3) is 0.278. The highest BCUT2D eigenvalue weighted by Crippen LogP contribution is 2.27. The minimum atomic E-state index is -0.296. The fourth-order valence-corrected chi connectivity index (χ4v) is 3.25. The molecule has 3 nitrogen and oxygen atoms in total. The summed E-state index contributed by atoms with van der Waals surface area (Å²) < 4.78 is 18.8. The molecule has 0 N–H and O–H groups in total. The fourth-order valence-electron chi connectivity index (χ4n) is 2.72. The van der Waals surface area contributed by atoms with Crippen LogP contribution >= 0.6 is 23.2 Å². The van der Waals surface area contributed by atoms with E-state index in [1.807, 2.05) is 0 Å². The summed E-state index contributed by atoms with van der Waals surface area (Å²) in [5.74, 6) is -0.351. The van der Waals surface area contributed by atoms with Crippen molar-refractivity contribution in [2.45, 2.75) is 12.5 Å². The van der Waals surface area contributed by atoms with Gasteiger partial charge in [-0.25, -0.2) is 4.39 Å². The Morgan fingerprint density at radius 3 is 2.50 bits per heavy atom. The molecule has 1 fully saturated rings. The van der Waals surface area contributed by atoms with Crippen molar-refractivity contribution in [3.63, 3.8) is 0 Å². The van der Waals surface area contributed by atoms with E-state index in [2.05, 4.69) is 0 Å². The Balaban J connectivity index is 1.70. The molecule has 0 spiro atoms. The summed E-state index contributed by atoms with van der Waals surface area (Å²) in [4.78, 5) is 14.3. The predicted octanol–water partition coefficient (Wildman–Crippen LogP) is 4.28. The van der Waals surface area contributed by atoms with Gasteiger partial charge in [0, 0.05) is 16.6 Å². The number of hydrogen-bond acceptors (Lipinski definition) is 2. The number of amides is 1. The van der Waals surface area contributed by atoms with Gasteiger partial charge in [-0.3, -0.25) is 4.79 Å². The average Bonchev–Trinajstić information content (AvgIpc) is 2.59. The van der Waals surface area contributed by atoms with Crippen molar-refractivity contribution in [3.8, 4) is 0 Å². The van der Waals surface area contributed by atoms with Gasteiger partial charge in [0.05, 0.1) is 19.6 Å². The van der Waals surface area contributed by atoms with Crippen LogP contribution in [0, 0.1) is 5.82 Å². The van der Waals surface area contributed by atoms with Crippen molar-refractivity contribution in [1.29, 1.82) is 0 Å². The van der Waals surface area contributed by atoms with Gasteiger partial charge in [0.15, 0.2) is 0 Å². The molecule has 0 radical (unpaired) electrons. The van der Waals surface area contributed by atoms with Gasteiger partial charge in [-0.2, -0.15) is 0 Å². The SMILES string of the molecule is O=C(Cc1c(Cl)cccc1Cl)N1CCOC(c2ccc(F)cc2)C1. The first-order chi connectivity index (χ1) is 11.5. The zero-order chi connectivity index (χ0) is 17.1. The Morgan fingerprint density at radius 2 is 1.83 bits per heavy atom. The molecule has 1 aliphatic rings. The molecule has 2 aromatic carbocycles. The Morgan fingerprint density at radius 1 is 1.17 bits per heavy atom. The van der Waals surface area contributed by atoms with Crippen LogP contribution in [0.25, 0.3) is 0 Å². The van der Waals surface area contributed by atoms with Crippen LogP contribution in [-0.2, 0) is 16.0 Å². The topological polar surface area (TPSA) is 29.5 Å². The summed E-state index contributed by atoms with van der Waals surface area (Å²) in [7, 11) is 0. The predicted molar refractivity (Wildman–Crippen MR) is 91.8 cm³/mol. The average molecular weight is 368 g/mol. The smallest absolute Gasteiger partial charge is 0.227 e. The first kappa shape index (κ1) is 17.2. The molecule has 24 heavy (non-hydrogen) atoms. The molecular formula is C18H16Cl2FNO2. The van der Waals surface area contributed by atoms with Gasteiger partial charge in [0.2, 0.25) is 5.91 Å². The number of nitrogens with zero attached hydrogens (tertiary/aromatic N) is 1. The van der Waals surface area contributed by atoms with Crippen molar-refractivity contribution >= 4 is 29.1 Å². The Hall–Kier alpha value is -1.62. The molecule has 1 amide bonds. The van der Waals surface area contributed by atoms with Gasteiger partial charge in [-0.05, 0) is 35.4 Å². The minimum Gasteiger partial charge on any atom is -0.370 e. The van der Waals surface area contributed by atoms with Gasteiger partial charge in [0.25, 0.3) is 0 Å². The number of halogens is 3. The van der Waals surface area contributed by atoms with E-state index in [1.54, 1.807) is 35.2 Å². The van der Waals surface area contributed by atoms with Gasteiger partial charge in [0.1, 0.15) is 11.9 Å². The molecule has 126 valence electrons. The molecule has 1 aliphatic heterocycles. The number of hydrogen-bond donors (Lipinski definition) is 0. The quantitative estimate of drug-likeness (QED) is 0.810. The van der Waals surface area contributed by atoms with E-state index in [-0.39, 0.29) is 24.2 Å². The van der Waals surface area contributed by atoms with E-state index in [9.17, 15) is 9.18 Å². The van der Waals surface area contributed by atoms with E-state index in [0.29, 0.717) is 35.3 Å². The van der Waals surface area contributed by atoms with Gasteiger partial charge < -0.3 is 9.64 Å². The number of ether oxygens (including phenoxy) is 1. The van der Waals surface area contributed by atoms with E-state index in [0.717, 1.165) is 5.56 Å². The molecule has 1 saturated heterocycles. The number of carbonyl (C=O) groups is 1. The first-order valence-corrected chi connectivity index (χ1v) is 8.38. The number of benzene rings is 2. The maximum atomic E-state index is 13.0. The molecule has 0 saturated carbocycles. The summed E-state index contributed by atoms with van der Waals surface area (Å²) >= 11 is 12.3. The van der Waals surface area contributed by atoms with Crippen molar-refractivity contribution in [2.24, 2.45) is 0 Å². The van der Waals surface area contributed by atoms with Crippen LogP contribution in [0.1, 0.15) is 17.2 Å². The van der Waals surface area contributed by atoms with Crippen LogP contribution in [0.5, 0.6) is 0 Å². The molecule has 1 heterocycles. The number of morpholine rings is 1. The number of rotatable bonds is 3. The Labute approximate surface area is 149 Å². The molecule has 0 bridgehead atoms. The largest absolute Gasteiger partial charge is 0.370 e. The second-order valence-electron chi connectivity index (χ2n) is 5.63. The highest BCUT2D eigenvalue weighted by Gasteiger charge is 2.26. The zero-order valence-electron chi connectivity index (χ0n) is 12.8. The summed E-state index contributed by atoms with van der Waals surface area (Å²) in [5.41, 5.74) is 1.49. The first-order valence-electron chi connectivity index (χ1n) is 7.62. The molecule has 6 heteroatoms. The normalized spacial score (nSPS) is 17.8. The summed E-state index contributed by atoms with van der Waals surface area (Å²) in [6, 6.07) is 11.3. The molecule has 2 aromatic rings. The van der Waals surface area contributed by atoms with E-state index < -0.39 is 0 Å². The van der Waals surface area contributed by atoms with Crippen molar-refractivity contribution < 1.29 is 13.9 Å². The van der Waals surface area contributed by atoms with E-state index >= 15 is 0 Å². The third kappa shape index (κ3) is 3.89. The highest BCUT2D eigenvalue weighted by atomic mass is 35.5. The lowest BCUT2D eigenvalue weighted by Crippen LogP contribution is -2.43. The van der Waals surface area contributed by atoms with Crippen LogP contribution in [0.15, 0.2) is 42.5 Å². The lowest BCUT2D eigenvalue weighted by atomic mass is 10.1. The van der Waals surface area contributed by atoms with E-state index in [4.69, 9.17) is 27.9 Å². The van der Waals surface area contributed by atoms with Crippen LogP contribution in [0.2, 0.25) is 10.0 Å². The molecule has 0 aromatic heterocycles.